The maximum atomic E-state index is 11.8. The molecule has 0 aliphatic carbocycles. The summed E-state index contributed by atoms with van der Waals surface area (Å²) in [7, 11) is -3.22. The predicted molar refractivity (Wildman–Crippen MR) is 103 cm³/mol. The number of benzene rings is 1. The van der Waals surface area contributed by atoms with Gasteiger partial charge in [-0.2, -0.15) is 0 Å². The molecule has 3 heterocycles. The number of aliphatic hydroxyl groups excluding tert-OH is 1. The van der Waals surface area contributed by atoms with Crippen molar-refractivity contribution in [3.63, 3.8) is 0 Å². The Labute approximate surface area is 161 Å². The molecule has 0 bridgehead atoms. The molecule has 140 valence electrons. The second-order valence-electron chi connectivity index (χ2n) is 6.41. The molecule has 7 nitrogen and oxygen atoms in total. The fraction of sp³-hybridized carbons (Fsp3) is 0.278. The summed E-state index contributed by atoms with van der Waals surface area (Å²) < 4.78 is 25.6. The molecule has 1 aromatic carbocycles. The Morgan fingerprint density at radius 3 is 2.48 bits per heavy atom. The average Bonchev–Trinajstić information content (AvgIpc) is 3.16. The zero-order chi connectivity index (χ0) is 18.9. The Kier molecular flexibility index (Phi) is 4.98. The molecule has 1 aliphatic heterocycles. The number of nitrogens with zero attached hydrogens (tertiary/aromatic N) is 4. The maximum absolute atomic E-state index is 11.8. The molecule has 1 saturated heterocycles. The maximum Gasteiger partial charge on any atom is 0.192 e. The number of aromatic nitrogens is 4. The molecule has 1 fully saturated rings. The van der Waals surface area contributed by atoms with Gasteiger partial charge in [0.2, 0.25) is 0 Å². The highest BCUT2D eigenvalue weighted by molar-refractivity contribution is 8.01. The fourth-order valence-corrected chi connectivity index (χ4v) is 6.56. The van der Waals surface area contributed by atoms with Crippen molar-refractivity contribution < 1.29 is 13.5 Å². The molecule has 0 amide bonds. The van der Waals surface area contributed by atoms with Crippen LogP contribution in [0, 0.1) is 0 Å². The van der Waals surface area contributed by atoms with Gasteiger partial charge in [-0.3, -0.25) is 9.55 Å². The van der Waals surface area contributed by atoms with E-state index in [-0.39, 0.29) is 11.5 Å². The molecule has 2 atom stereocenters. The number of hydrogen-bond donors (Lipinski definition) is 1. The van der Waals surface area contributed by atoms with E-state index >= 15 is 0 Å². The van der Waals surface area contributed by atoms with Crippen LogP contribution >= 0.6 is 11.8 Å². The van der Waals surface area contributed by atoms with E-state index in [0.717, 1.165) is 11.1 Å². The van der Waals surface area contributed by atoms with Crippen LogP contribution in [0.25, 0.3) is 11.4 Å². The molecule has 3 aromatic rings. The zero-order valence-electron chi connectivity index (χ0n) is 14.3. The van der Waals surface area contributed by atoms with Gasteiger partial charge in [0.15, 0.2) is 20.8 Å². The molecule has 27 heavy (non-hydrogen) atoms. The molecule has 4 rings (SSSR count). The van der Waals surface area contributed by atoms with Crippen molar-refractivity contribution >= 4 is 21.6 Å². The SMILES string of the molecule is O=S1(=O)C[C@@H](O)[C@@H](Sc2nnc(-c3ccncc3)n2Cc2ccccc2)C1. The Morgan fingerprint density at radius 1 is 1.07 bits per heavy atom. The summed E-state index contributed by atoms with van der Waals surface area (Å²) in [5, 5.41) is 18.9. The number of pyridine rings is 1. The highest BCUT2D eigenvalue weighted by atomic mass is 32.2. The van der Waals surface area contributed by atoms with Crippen molar-refractivity contribution in [2.24, 2.45) is 0 Å². The van der Waals surface area contributed by atoms with Gasteiger partial charge in [0.25, 0.3) is 0 Å². The highest BCUT2D eigenvalue weighted by Gasteiger charge is 2.38. The van der Waals surface area contributed by atoms with Gasteiger partial charge < -0.3 is 5.11 Å². The van der Waals surface area contributed by atoms with Gasteiger partial charge in [-0.05, 0) is 17.7 Å². The lowest BCUT2D eigenvalue weighted by Gasteiger charge is -2.14. The summed E-state index contributed by atoms with van der Waals surface area (Å²) in [4.78, 5) is 4.04. The summed E-state index contributed by atoms with van der Waals surface area (Å²) in [6, 6.07) is 13.6. The number of thioether (sulfide) groups is 1. The van der Waals surface area contributed by atoms with Crippen LogP contribution in [0.5, 0.6) is 0 Å². The monoisotopic (exact) mass is 402 g/mol. The smallest absolute Gasteiger partial charge is 0.192 e. The highest BCUT2D eigenvalue weighted by Crippen LogP contribution is 2.32. The minimum Gasteiger partial charge on any atom is -0.391 e. The summed E-state index contributed by atoms with van der Waals surface area (Å²) in [5.74, 6) is 0.426. The molecule has 0 radical (unpaired) electrons. The first-order valence-electron chi connectivity index (χ1n) is 8.44. The Hall–Kier alpha value is -2.23. The minimum absolute atomic E-state index is 0.0539. The van der Waals surface area contributed by atoms with Crippen molar-refractivity contribution in [3.8, 4) is 11.4 Å². The lowest BCUT2D eigenvalue weighted by atomic mass is 10.2. The number of aliphatic hydroxyl groups is 1. The third-order valence-corrected chi connectivity index (χ3v) is 7.59. The fourth-order valence-electron chi connectivity index (χ4n) is 3.04. The average molecular weight is 403 g/mol. The van der Waals surface area contributed by atoms with Crippen molar-refractivity contribution in [2.75, 3.05) is 11.5 Å². The summed E-state index contributed by atoms with van der Waals surface area (Å²) >= 11 is 1.27. The van der Waals surface area contributed by atoms with Crippen LogP contribution < -0.4 is 0 Å². The number of sulfone groups is 1. The first kappa shape index (κ1) is 18.1. The summed E-state index contributed by atoms with van der Waals surface area (Å²) in [6.07, 6.45) is 2.49. The van der Waals surface area contributed by atoms with Crippen LogP contribution in [-0.2, 0) is 16.4 Å². The first-order chi connectivity index (χ1) is 13.0. The lowest BCUT2D eigenvalue weighted by molar-refractivity contribution is 0.207. The molecule has 1 aliphatic rings. The van der Waals surface area contributed by atoms with Crippen LogP contribution in [0.3, 0.4) is 0 Å². The normalized spacial score (nSPS) is 21.4. The third-order valence-electron chi connectivity index (χ3n) is 4.37. The zero-order valence-corrected chi connectivity index (χ0v) is 16.0. The Morgan fingerprint density at radius 2 is 1.81 bits per heavy atom. The predicted octanol–water partition coefficient (Wildman–Crippen LogP) is 1.64. The quantitative estimate of drug-likeness (QED) is 0.693. The van der Waals surface area contributed by atoms with Gasteiger partial charge in [-0.15, -0.1) is 10.2 Å². The second-order valence-corrected chi connectivity index (χ2v) is 9.77. The molecule has 9 heteroatoms. The van der Waals surface area contributed by atoms with E-state index in [1.165, 1.54) is 11.8 Å². The Balaban J connectivity index is 1.70. The van der Waals surface area contributed by atoms with Crippen LogP contribution in [-0.4, -0.2) is 56.1 Å². The van der Waals surface area contributed by atoms with Crippen molar-refractivity contribution in [2.45, 2.75) is 23.1 Å². The Bertz CT molecular complexity index is 1020. The molecule has 2 aromatic heterocycles. The van der Waals surface area contributed by atoms with Crippen molar-refractivity contribution in [1.82, 2.24) is 19.7 Å². The van der Waals surface area contributed by atoms with Crippen LogP contribution in [0.15, 0.2) is 60.0 Å². The van der Waals surface area contributed by atoms with Gasteiger partial charge in [0, 0.05) is 18.0 Å². The summed E-state index contributed by atoms with van der Waals surface area (Å²) in [5.41, 5.74) is 1.95. The van der Waals surface area contributed by atoms with Gasteiger partial charge in [0.05, 0.1) is 29.4 Å². The van der Waals surface area contributed by atoms with Crippen LogP contribution in [0.1, 0.15) is 5.56 Å². The van der Waals surface area contributed by atoms with E-state index in [9.17, 15) is 13.5 Å². The second kappa shape index (κ2) is 7.41. The van der Waals surface area contributed by atoms with E-state index in [2.05, 4.69) is 15.2 Å². The van der Waals surface area contributed by atoms with Gasteiger partial charge in [-0.25, -0.2) is 8.42 Å². The molecular formula is C18H18N4O3S2. The van der Waals surface area contributed by atoms with E-state index in [0.29, 0.717) is 17.5 Å². The largest absolute Gasteiger partial charge is 0.391 e. The minimum atomic E-state index is -3.22. The summed E-state index contributed by atoms with van der Waals surface area (Å²) in [6.45, 7) is 0.545. The molecule has 0 spiro atoms. The first-order valence-corrected chi connectivity index (χ1v) is 11.1. The number of rotatable bonds is 5. The third kappa shape index (κ3) is 4.05. The van der Waals surface area contributed by atoms with Crippen LogP contribution in [0.2, 0.25) is 0 Å². The van der Waals surface area contributed by atoms with Crippen molar-refractivity contribution in [3.05, 3.63) is 60.4 Å². The standard InChI is InChI=1S/C18H18N4O3S2/c23-15-11-27(24,25)12-16(15)26-18-21-20-17(14-6-8-19-9-7-14)22(18)10-13-4-2-1-3-5-13/h1-9,15-16,23H,10-12H2/t15-,16+/m1/s1. The van der Waals surface area contributed by atoms with Gasteiger partial charge in [-0.1, -0.05) is 42.1 Å². The lowest BCUT2D eigenvalue weighted by Crippen LogP contribution is -2.20. The van der Waals surface area contributed by atoms with Crippen LogP contribution in [0.4, 0.5) is 0 Å². The van der Waals surface area contributed by atoms with Crippen molar-refractivity contribution in [1.29, 1.82) is 0 Å². The van der Waals surface area contributed by atoms with E-state index in [1.807, 2.05) is 47.0 Å². The van der Waals surface area contributed by atoms with E-state index < -0.39 is 21.2 Å². The van der Waals surface area contributed by atoms with E-state index in [1.54, 1.807) is 12.4 Å². The van der Waals surface area contributed by atoms with Gasteiger partial charge in [0.1, 0.15) is 0 Å². The molecule has 0 unspecified atom stereocenters. The topological polar surface area (TPSA) is 98.0 Å². The molecular weight excluding hydrogens is 384 g/mol. The molecule has 0 saturated carbocycles. The molecule has 1 N–H and O–H groups in total. The number of hydrogen-bond acceptors (Lipinski definition) is 7. The van der Waals surface area contributed by atoms with Gasteiger partial charge >= 0.3 is 0 Å². The van der Waals surface area contributed by atoms with E-state index in [4.69, 9.17) is 0 Å².